The van der Waals surface area contributed by atoms with E-state index in [1.54, 1.807) is 0 Å². The third-order valence-corrected chi connectivity index (χ3v) is 5.52. The van der Waals surface area contributed by atoms with Crippen LogP contribution < -0.4 is 0 Å². The molecule has 3 unspecified atom stereocenters. The van der Waals surface area contributed by atoms with E-state index in [9.17, 15) is 15.0 Å². The van der Waals surface area contributed by atoms with Crippen molar-refractivity contribution in [1.29, 1.82) is 0 Å². The SMILES string of the molecule is CC1=CC(=O)C2(O)C(C)(C)CCCC2(C)C1CO. The van der Waals surface area contributed by atoms with E-state index in [1.807, 2.05) is 27.7 Å². The van der Waals surface area contributed by atoms with Crippen LogP contribution in [0.1, 0.15) is 47.0 Å². The van der Waals surface area contributed by atoms with Crippen LogP contribution >= 0.6 is 0 Å². The number of fused-ring (bicyclic) bond motifs is 1. The Kier molecular flexibility index (Phi) is 2.99. The minimum Gasteiger partial charge on any atom is -0.396 e. The third kappa shape index (κ3) is 1.41. The van der Waals surface area contributed by atoms with Gasteiger partial charge in [-0.05, 0) is 25.8 Å². The topological polar surface area (TPSA) is 57.5 Å². The standard InChI is InChI=1S/C15H24O3/c1-10-8-12(17)15(18)13(2,3)6-5-7-14(15,4)11(10)9-16/h8,11,16,18H,5-7,9H2,1-4H3. The van der Waals surface area contributed by atoms with E-state index in [0.717, 1.165) is 24.8 Å². The molecule has 2 aliphatic rings. The van der Waals surface area contributed by atoms with Gasteiger partial charge in [-0.15, -0.1) is 0 Å². The van der Waals surface area contributed by atoms with E-state index in [-0.39, 0.29) is 18.3 Å². The van der Waals surface area contributed by atoms with Gasteiger partial charge in [0.1, 0.15) is 5.60 Å². The highest BCUT2D eigenvalue weighted by Gasteiger charge is 2.65. The molecule has 18 heavy (non-hydrogen) atoms. The lowest BCUT2D eigenvalue weighted by Gasteiger charge is -2.60. The summed E-state index contributed by atoms with van der Waals surface area (Å²) in [6.07, 6.45) is 4.16. The molecule has 0 aliphatic heterocycles. The molecule has 0 aromatic rings. The highest BCUT2D eigenvalue weighted by molar-refractivity contribution is 6.00. The summed E-state index contributed by atoms with van der Waals surface area (Å²) in [5.74, 6) is -0.309. The second-order valence-electron chi connectivity index (χ2n) is 6.85. The van der Waals surface area contributed by atoms with Crippen LogP contribution in [0.5, 0.6) is 0 Å². The molecule has 2 rings (SSSR count). The highest BCUT2D eigenvalue weighted by Crippen LogP contribution is 2.60. The van der Waals surface area contributed by atoms with Gasteiger partial charge in [0.15, 0.2) is 5.78 Å². The van der Waals surface area contributed by atoms with Crippen molar-refractivity contribution in [3.05, 3.63) is 11.6 Å². The second-order valence-corrected chi connectivity index (χ2v) is 6.85. The minimum absolute atomic E-state index is 0.00942. The summed E-state index contributed by atoms with van der Waals surface area (Å²) >= 11 is 0. The zero-order chi connectivity index (χ0) is 13.8. The first-order valence-electron chi connectivity index (χ1n) is 6.76. The van der Waals surface area contributed by atoms with Gasteiger partial charge in [0.05, 0.1) is 6.61 Å². The zero-order valence-corrected chi connectivity index (χ0v) is 11.8. The number of aliphatic hydroxyl groups excluding tert-OH is 1. The zero-order valence-electron chi connectivity index (χ0n) is 11.8. The number of rotatable bonds is 1. The van der Waals surface area contributed by atoms with Gasteiger partial charge in [-0.25, -0.2) is 0 Å². The fourth-order valence-electron chi connectivity index (χ4n) is 4.33. The van der Waals surface area contributed by atoms with Crippen LogP contribution in [0.3, 0.4) is 0 Å². The van der Waals surface area contributed by atoms with Gasteiger partial charge >= 0.3 is 0 Å². The average molecular weight is 252 g/mol. The van der Waals surface area contributed by atoms with Crippen molar-refractivity contribution in [3.63, 3.8) is 0 Å². The van der Waals surface area contributed by atoms with Crippen molar-refractivity contribution >= 4 is 5.78 Å². The largest absolute Gasteiger partial charge is 0.396 e. The summed E-state index contributed by atoms with van der Waals surface area (Å²) in [6, 6.07) is 0. The number of hydrogen-bond donors (Lipinski definition) is 2. The van der Waals surface area contributed by atoms with Crippen molar-refractivity contribution < 1.29 is 15.0 Å². The smallest absolute Gasteiger partial charge is 0.188 e. The number of carbonyl (C=O) groups is 1. The lowest BCUT2D eigenvalue weighted by molar-refractivity contribution is -0.204. The summed E-state index contributed by atoms with van der Waals surface area (Å²) in [7, 11) is 0. The molecule has 3 atom stereocenters. The molecule has 1 fully saturated rings. The monoisotopic (exact) mass is 252 g/mol. The average Bonchev–Trinajstić information content (AvgIpc) is 2.24. The van der Waals surface area contributed by atoms with Gasteiger partial charge in [0.2, 0.25) is 0 Å². The van der Waals surface area contributed by atoms with Crippen LogP contribution in [-0.4, -0.2) is 28.2 Å². The lowest BCUT2D eigenvalue weighted by atomic mass is 9.45. The predicted octanol–water partition coefficient (Wildman–Crippen LogP) is 2.07. The molecule has 102 valence electrons. The van der Waals surface area contributed by atoms with Crippen LogP contribution in [-0.2, 0) is 4.79 Å². The molecule has 2 N–H and O–H groups in total. The first kappa shape index (κ1) is 13.8. The van der Waals surface area contributed by atoms with E-state index in [1.165, 1.54) is 6.08 Å². The van der Waals surface area contributed by atoms with Gasteiger partial charge < -0.3 is 10.2 Å². The van der Waals surface area contributed by atoms with Gasteiger partial charge in [-0.2, -0.15) is 0 Å². The van der Waals surface area contributed by atoms with Crippen LogP contribution in [0, 0.1) is 16.7 Å². The molecule has 0 amide bonds. The maximum Gasteiger partial charge on any atom is 0.188 e. The van der Waals surface area contributed by atoms with E-state index < -0.39 is 16.4 Å². The fourth-order valence-corrected chi connectivity index (χ4v) is 4.33. The number of carbonyl (C=O) groups excluding carboxylic acids is 1. The van der Waals surface area contributed by atoms with Crippen molar-refractivity contribution in [3.8, 4) is 0 Å². The fraction of sp³-hybridized carbons (Fsp3) is 0.800. The molecule has 0 radical (unpaired) electrons. The molecule has 3 heteroatoms. The molecule has 0 saturated heterocycles. The molecule has 1 saturated carbocycles. The van der Waals surface area contributed by atoms with Crippen molar-refractivity contribution in [2.45, 2.75) is 52.6 Å². The Morgan fingerprint density at radius 1 is 1.33 bits per heavy atom. The first-order valence-corrected chi connectivity index (χ1v) is 6.76. The Hall–Kier alpha value is -0.670. The Balaban J connectivity index is 2.65. The van der Waals surface area contributed by atoms with Gasteiger partial charge in [-0.1, -0.05) is 32.8 Å². The van der Waals surface area contributed by atoms with Crippen LogP contribution in [0.4, 0.5) is 0 Å². The van der Waals surface area contributed by atoms with Crippen LogP contribution in [0.2, 0.25) is 0 Å². The van der Waals surface area contributed by atoms with Gasteiger partial charge in [-0.3, -0.25) is 4.79 Å². The lowest BCUT2D eigenvalue weighted by Crippen LogP contribution is -2.68. The Labute approximate surface area is 109 Å². The molecule has 0 aromatic carbocycles. The molecular formula is C15H24O3. The summed E-state index contributed by atoms with van der Waals surface area (Å²) in [6.45, 7) is 7.76. The number of ketones is 1. The normalized spacial score (nSPS) is 43.3. The molecule has 0 aromatic heterocycles. The van der Waals surface area contributed by atoms with Crippen molar-refractivity contribution in [1.82, 2.24) is 0 Å². The number of aliphatic hydroxyl groups is 2. The maximum atomic E-state index is 12.4. The van der Waals surface area contributed by atoms with Crippen molar-refractivity contribution in [2.75, 3.05) is 6.61 Å². The second kappa shape index (κ2) is 3.91. The quantitative estimate of drug-likeness (QED) is 0.751. The van der Waals surface area contributed by atoms with E-state index >= 15 is 0 Å². The third-order valence-electron chi connectivity index (χ3n) is 5.52. The van der Waals surface area contributed by atoms with Crippen molar-refractivity contribution in [2.24, 2.45) is 16.7 Å². The molecule has 0 heterocycles. The maximum absolute atomic E-state index is 12.4. The summed E-state index contributed by atoms with van der Waals surface area (Å²) in [5, 5.41) is 20.8. The van der Waals surface area contributed by atoms with Gasteiger partial charge in [0.25, 0.3) is 0 Å². The van der Waals surface area contributed by atoms with E-state index in [4.69, 9.17) is 0 Å². The molecule has 0 spiro atoms. The Morgan fingerprint density at radius 3 is 2.50 bits per heavy atom. The molecule has 3 nitrogen and oxygen atoms in total. The molecular weight excluding hydrogens is 228 g/mol. The summed E-state index contributed by atoms with van der Waals surface area (Å²) < 4.78 is 0. The summed E-state index contributed by atoms with van der Waals surface area (Å²) in [4.78, 5) is 12.4. The van der Waals surface area contributed by atoms with Crippen LogP contribution in [0.15, 0.2) is 11.6 Å². The molecule has 2 aliphatic carbocycles. The number of hydrogen-bond acceptors (Lipinski definition) is 3. The van der Waals surface area contributed by atoms with E-state index in [2.05, 4.69) is 0 Å². The highest BCUT2D eigenvalue weighted by atomic mass is 16.3. The predicted molar refractivity (Wildman–Crippen MR) is 70.0 cm³/mol. The Bertz CT molecular complexity index is 410. The van der Waals surface area contributed by atoms with E-state index in [0.29, 0.717) is 0 Å². The van der Waals surface area contributed by atoms with Crippen LogP contribution in [0.25, 0.3) is 0 Å². The first-order chi connectivity index (χ1) is 8.20. The minimum atomic E-state index is -1.36. The molecule has 0 bridgehead atoms. The Morgan fingerprint density at radius 2 is 1.94 bits per heavy atom. The van der Waals surface area contributed by atoms with Gasteiger partial charge in [0, 0.05) is 16.7 Å². The summed E-state index contributed by atoms with van der Waals surface area (Å²) in [5.41, 5.74) is -1.46.